The van der Waals surface area contributed by atoms with E-state index < -0.39 is 35.9 Å². The lowest BCUT2D eigenvalue weighted by molar-refractivity contribution is -0.145. The van der Waals surface area contributed by atoms with Gasteiger partial charge in [0.1, 0.15) is 11.5 Å². The van der Waals surface area contributed by atoms with E-state index in [1.54, 1.807) is 0 Å². The van der Waals surface area contributed by atoms with E-state index in [9.17, 15) is 14.4 Å². The molecule has 0 unspecified atom stereocenters. The molecule has 1 fully saturated rings. The molecule has 0 aliphatic carbocycles. The van der Waals surface area contributed by atoms with Crippen molar-refractivity contribution < 1.29 is 23.9 Å². The maximum absolute atomic E-state index is 13.3. The number of nitrogens with zero attached hydrogens (tertiary/aromatic N) is 1. The first-order valence-electron chi connectivity index (χ1n) is 10.2. The van der Waals surface area contributed by atoms with Crippen molar-refractivity contribution in [3.05, 3.63) is 83.6 Å². The largest absolute Gasteiger partial charge is 0.466 e. The highest BCUT2D eigenvalue weighted by Crippen LogP contribution is 2.48. The average molecular weight is 421 g/mol. The van der Waals surface area contributed by atoms with Gasteiger partial charge in [-0.05, 0) is 11.1 Å². The van der Waals surface area contributed by atoms with Crippen molar-refractivity contribution >= 4 is 17.7 Å². The number of Topliss-reactive ketones (excluding diaryl/α,β-unsaturated/α-hetero) is 1. The minimum atomic E-state index is -0.670. The van der Waals surface area contributed by atoms with Crippen LogP contribution in [-0.2, 0) is 23.9 Å². The van der Waals surface area contributed by atoms with Gasteiger partial charge in [-0.3, -0.25) is 4.79 Å². The van der Waals surface area contributed by atoms with Crippen LogP contribution in [-0.4, -0.2) is 36.8 Å². The first-order valence-corrected chi connectivity index (χ1v) is 10.2. The third-order valence-electron chi connectivity index (χ3n) is 5.85. The van der Waals surface area contributed by atoms with Gasteiger partial charge >= 0.3 is 11.9 Å². The predicted octanol–water partition coefficient (Wildman–Crippen LogP) is 3.86. The Labute approximate surface area is 182 Å². The fourth-order valence-electron chi connectivity index (χ4n) is 4.39. The second-order valence-corrected chi connectivity index (χ2v) is 7.64. The van der Waals surface area contributed by atoms with Crippen molar-refractivity contribution in [3.8, 4) is 0 Å². The Balaban J connectivity index is 2.29. The number of likely N-dealkylation sites (tertiary alicyclic amines) is 1. The van der Waals surface area contributed by atoms with Crippen molar-refractivity contribution in [2.45, 2.75) is 25.9 Å². The number of rotatable bonds is 5. The molecule has 0 amide bonds. The molecule has 1 saturated heterocycles. The summed E-state index contributed by atoms with van der Waals surface area (Å²) in [6.45, 7) is 3.72. The van der Waals surface area contributed by atoms with Crippen molar-refractivity contribution in [2.24, 2.45) is 11.8 Å². The van der Waals surface area contributed by atoms with E-state index in [1.807, 2.05) is 79.4 Å². The number of piperidine rings is 1. The Morgan fingerprint density at radius 3 is 1.65 bits per heavy atom. The Morgan fingerprint density at radius 1 is 0.806 bits per heavy atom. The first-order chi connectivity index (χ1) is 14.9. The van der Waals surface area contributed by atoms with Crippen LogP contribution in [0.25, 0.3) is 0 Å². The van der Waals surface area contributed by atoms with Gasteiger partial charge < -0.3 is 14.4 Å². The van der Waals surface area contributed by atoms with E-state index in [2.05, 4.69) is 0 Å². The summed E-state index contributed by atoms with van der Waals surface area (Å²) >= 11 is 0. The summed E-state index contributed by atoms with van der Waals surface area (Å²) < 4.78 is 9.84. The number of ether oxygens (including phenoxy) is 2. The summed E-state index contributed by atoms with van der Waals surface area (Å²) in [5.74, 6) is -2.07. The molecule has 0 aromatic heterocycles. The minimum absolute atomic E-state index is 0.0586. The molecule has 3 rings (SSSR count). The van der Waals surface area contributed by atoms with Crippen LogP contribution in [0.3, 0.4) is 0 Å². The van der Waals surface area contributed by atoms with E-state index >= 15 is 0 Å². The molecule has 2 aromatic rings. The van der Waals surface area contributed by atoms with Crippen molar-refractivity contribution in [1.29, 1.82) is 0 Å². The first kappa shape index (κ1) is 22.3. The van der Waals surface area contributed by atoms with Gasteiger partial charge in [-0.2, -0.15) is 0 Å². The maximum Gasteiger partial charge on any atom is 0.354 e. The molecule has 0 bridgehead atoms. The SMILES string of the molecule is COC(=O)/C=C(\C(=O)OC)N1[C@H](c2ccccc2)[C@H](C)C(=O)[C@H](C)[C@H]1c1ccccc1. The topological polar surface area (TPSA) is 72.9 Å². The van der Waals surface area contributed by atoms with Crippen molar-refractivity contribution in [2.75, 3.05) is 14.2 Å². The summed E-state index contributed by atoms with van der Waals surface area (Å²) in [6.07, 6.45) is 1.15. The van der Waals surface area contributed by atoms with Gasteiger partial charge in [-0.15, -0.1) is 0 Å². The normalized spacial score (nSPS) is 23.9. The standard InChI is InChI=1S/C25H27NO5/c1-16-22(18-11-7-5-8-12-18)26(20(25(29)31-4)15-21(27)30-3)23(17(2)24(16)28)19-13-9-6-10-14-19/h5-17,22-23H,1-4H3/b20-15+/t16-,17+,22-,23-/m0/s1. The van der Waals surface area contributed by atoms with E-state index in [1.165, 1.54) is 14.2 Å². The molecular formula is C25H27NO5. The van der Waals surface area contributed by atoms with Gasteiger partial charge in [-0.1, -0.05) is 74.5 Å². The molecule has 0 spiro atoms. The van der Waals surface area contributed by atoms with Crippen LogP contribution in [0.5, 0.6) is 0 Å². The smallest absolute Gasteiger partial charge is 0.354 e. The third-order valence-corrected chi connectivity index (χ3v) is 5.85. The summed E-state index contributed by atoms with van der Waals surface area (Å²) in [5.41, 5.74) is 1.80. The quantitative estimate of drug-likeness (QED) is 0.539. The van der Waals surface area contributed by atoms with Gasteiger partial charge in [-0.25, -0.2) is 9.59 Å². The molecule has 162 valence electrons. The van der Waals surface area contributed by atoms with Crippen LogP contribution in [0, 0.1) is 11.8 Å². The molecule has 31 heavy (non-hydrogen) atoms. The molecule has 1 aliphatic heterocycles. The number of benzene rings is 2. The van der Waals surface area contributed by atoms with Gasteiger partial charge in [0.25, 0.3) is 0 Å². The number of esters is 2. The zero-order valence-electron chi connectivity index (χ0n) is 18.1. The monoisotopic (exact) mass is 421 g/mol. The van der Waals surface area contributed by atoms with Crippen LogP contribution < -0.4 is 0 Å². The van der Waals surface area contributed by atoms with Gasteiger partial charge in [0, 0.05) is 11.8 Å². The Kier molecular flexibility index (Phi) is 6.90. The molecular weight excluding hydrogens is 394 g/mol. The van der Waals surface area contributed by atoms with Crippen LogP contribution >= 0.6 is 0 Å². The fourth-order valence-corrected chi connectivity index (χ4v) is 4.39. The fraction of sp³-hybridized carbons (Fsp3) is 0.320. The predicted molar refractivity (Wildman–Crippen MR) is 116 cm³/mol. The Bertz CT molecular complexity index is 914. The molecule has 0 N–H and O–H groups in total. The molecule has 2 aromatic carbocycles. The highest BCUT2D eigenvalue weighted by molar-refractivity contribution is 5.96. The van der Waals surface area contributed by atoms with E-state index in [4.69, 9.17) is 9.47 Å². The molecule has 0 saturated carbocycles. The van der Waals surface area contributed by atoms with Crippen LogP contribution in [0.2, 0.25) is 0 Å². The number of hydrogen-bond acceptors (Lipinski definition) is 6. The molecule has 4 atom stereocenters. The minimum Gasteiger partial charge on any atom is -0.466 e. The second kappa shape index (κ2) is 9.60. The van der Waals surface area contributed by atoms with Crippen LogP contribution in [0.4, 0.5) is 0 Å². The van der Waals surface area contributed by atoms with Crippen LogP contribution in [0.1, 0.15) is 37.1 Å². The zero-order valence-corrected chi connectivity index (χ0v) is 18.1. The summed E-state index contributed by atoms with van der Waals surface area (Å²) in [7, 11) is 2.52. The molecule has 6 heteroatoms. The highest BCUT2D eigenvalue weighted by Gasteiger charge is 2.48. The number of carbonyl (C=O) groups excluding carboxylic acids is 3. The lowest BCUT2D eigenvalue weighted by Gasteiger charge is -2.49. The van der Waals surface area contributed by atoms with Gasteiger partial charge in [0.05, 0.1) is 32.4 Å². The molecule has 1 heterocycles. The average Bonchev–Trinajstić information content (AvgIpc) is 2.81. The molecule has 0 radical (unpaired) electrons. The highest BCUT2D eigenvalue weighted by atomic mass is 16.5. The lowest BCUT2D eigenvalue weighted by atomic mass is 9.74. The summed E-state index contributed by atoms with van der Waals surface area (Å²) in [4.78, 5) is 40.3. The Morgan fingerprint density at radius 2 is 1.26 bits per heavy atom. The number of ketones is 1. The third kappa shape index (κ3) is 4.38. The summed E-state index contributed by atoms with van der Waals surface area (Å²) in [5, 5.41) is 0. The van der Waals surface area contributed by atoms with E-state index in [-0.39, 0.29) is 11.5 Å². The second-order valence-electron chi connectivity index (χ2n) is 7.64. The van der Waals surface area contributed by atoms with E-state index in [0.29, 0.717) is 0 Å². The number of methoxy groups -OCH3 is 2. The van der Waals surface area contributed by atoms with Crippen LogP contribution in [0.15, 0.2) is 72.4 Å². The zero-order chi connectivity index (χ0) is 22.5. The molecule has 1 aliphatic rings. The van der Waals surface area contributed by atoms with E-state index in [0.717, 1.165) is 17.2 Å². The van der Waals surface area contributed by atoms with Crippen molar-refractivity contribution in [3.63, 3.8) is 0 Å². The van der Waals surface area contributed by atoms with Crippen molar-refractivity contribution in [1.82, 2.24) is 4.90 Å². The summed E-state index contributed by atoms with van der Waals surface area (Å²) in [6, 6.07) is 18.1. The molecule has 6 nitrogen and oxygen atoms in total. The lowest BCUT2D eigenvalue weighted by Crippen LogP contribution is -2.50. The van der Waals surface area contributed by atoms with Gasteiger partial charge in [0.2, 0.25) is 0 Å². The maximum atomic E-state index is 13.3. The van der Waals surface area contributed by atoms with Gasteiger partial charge in [0.15, 0.2) is 0 Å². The number of carbonyl (C=O) groups is 3. The number of hydrogen-bond donors (Lipinski definition) is 0. The Hall–Kier alpha value is -3.41.